The third kappa shape index (κ3) is 4.10. The molecule has 0 saturated carbocycles. The number of Topliss-reactive ketones (excluding diaryl/α,β-unsaturated/α-hetero) is 1. The van der Waals surface area contributed by atoms with Crippen molar-refractivity contribution in [3.8, 4) is 11.3 Å². The molecule has 0 atom stereocenters. The van der Waals surface area contributed by atoms with Crippen molar-refractivity contribution < 1.29 is 18.8 Å². The lowest BCUT2D eigenvalue weighted by Gasteiger charge is -2.29. The highest BCUT2D eigenvalue weighted by Crippen LogP contribution is 2.34. The quantitative estimate of drug-likeness (QED) is 0.235. The fourth-order valence-electron chi connectivity index (χ4n) is 3.14. The molecule has 6 nitrogen and oxygen atoms in total. The number of furan rings is 1. The first-order valence-electron chi connectivity index (χ1n) is 9.33. The van der Waals surface area contributed by atoms with Crippen LogP contribution in [0.25, 0.3) is 17.4 Å². The normalized spacial score (nSPS) is 15.3. The third-order valence-electron chi connectivity index (χ3n) is 4.76. The topological polar surface area (TPSA) is 79.6 Å². The van der Waals surface area contributed by atoms with Crippen LogP contribution in [-0.4, -0.2) is 22.7 Å². The number of nitrogens with zero attached hydrogens (tertiary/aromatic N) is 1. The minimum Gasteiger partial charge on any atom is -0.457 e. The average Bonchev–Trinajstić information content (AvgIpc) is 3.23. The van der Waals surface area contributed by atoms with Crippen LogP contribution in [0.5, 0.6) is 0 Å². The third-order valence-corrected chi connectivity index (χ3v) is 5.86. The molecule has 0 aliphatic carbocycles. The number of carbonyl (C=O) groups excluding carboxylic acids is 3. The van der Waals surface area contributed by atoms with Gasteiger partial charge in [0, 0.05) is 11.1 Å². The number of rotatable bonds is 4. The molecule has 9 heteroatoms. The summed E-state index contributed by atoms with van der Waals surface area (Å²) in [5.41, 5.74) is 1.41. The molecular weight excluding hydrogens is 471 g/mol. The van der Waals surface area contributed by atoms with Crippen molar-refractivity contribution in [3.05, 3.63) is 81.5 Å². The molecule has 4 rings (SSSR count). The zero-order chi connectivity index (χ0) is 23.0. The van der Waals surface area contributed by atoms with Crippen molar-refractivity contribution in [1.82, 2.24) is 5.32 Å². The fraction of sp³-hybridized carbons (Fsp3) is 0.0435. The number of carbonyl (C=O) groups is 3. The molecule has 1 aliphatic heterocycles. The molecule has 32 heavy (non-hydrogen) atoms. The predicted octanol–water partition coefficient (Wildman–Crippen LogP) is 5.29. The first-order valence-corrected chi connectivity index (χ1v) is 10.5. The minimum absolute atomic E-state index is 0.0366. The SMILES string of the molecule is CC(=O)c1ccc(-c2ccc(/C=C3\C(=O)NC(=S)N(c4cccc(Cl)c4Cl)C3=O)o2)cc1. The molecule has 1 aliphatic rings. The molecule has 3 aromatic rings. The number of anilines is 1. The maximum Gasteiger partial charge on any atom is 0.270 e. The zero-order valence-corrected chi connectivity index (χ0v) is 18.8. The van der Waals surface area contributed by atoms with Gasteiger partial charge in [-0.3, -0.25) is 24.6 Å². The van der Waals surface area contributed by atoms with Gasteiger partial charge in [-0.1, -0.05) is 53.5 Å². The van der Waals surface area contributed by atoms with Crippen molar-refractivity contribution >= 4 is 69.9 Å². The second kappa shape index (κ2) is 8.70. The molecule has 1 aromatic heterocycles. The van der Waals surface area contributed by atoms with Gasteiger partial charge < -0.3 is 4.42 Å². The molecule has 1 saturated heterocycles. The number of ketones is 1. The van der Waals surface area contributed by atoms with E-state index in [9.17, 15) is 14.4 Å². The summed E-state index contributed by atoms with van der Waals surface area (Å²) in [5, 5.41) is 2.76. The smallest absolute Gasteiger partial charge is 0.270 e. The average molecular weight is 485 g/mol. The van der Waals surface area contributed by atoms with Crippen LogP contribution in [0.3, 0.4) is 0 Å². The van der Waals surface area contributed by atoms with Gasteiger partial charge in [-0.2, -0.15) is 0 Å². The number of thiocarbonyl (C=S) groups is 1. The van der Waals surface area contributed by atoms with Gasteiger partial charge in [0.15, 0.2) is 10.9 Å². The number of nitrogens with one attached hydrogen (secondary N) is 1. The van der Waals surface area contributed by atoms with Gasteiger partial charge in [0.1, 0.15) is 17.1 Å². The van der Waals surface area contributed by atoms with Crippen LogP contribution < -0.4 is 10.2 Å². The van der Waals surface area contributed by atoms with Crippen LogP contribution in [0.1, 0.15) is 23.0 Å². The van der Waals surface area contributed by atoms with Gasteiger partial charge in [0.25, 0.3) is 11.8 Å². The van der Waals surface area contributed by atoms with Crippen LogP contribution in [0.15, 0.2) is 64.6 Å². The van der Waals surface area contributed by atoms with Crippen molar-refractivity contribution in [1.29, 1.82) is 0 Å². The Morgan fingerprint density at radius 2 is 1.78 bits per heavy atom. The largest absolute Gasteiger partial charge is 0.457 e. The van der Waals surface area contributed by atoms with E-state index in [2.05, 4.69) is 5.32 Å². The first kappa shape index (κ1) is 22.0. The maximum atomic E-state index is 13.1. The van der Waals surface area contributed by atoms with Gasteiger partial charge in [-0.05, 0) is 49.5 Å². The molecule has 0 unspecified atom stereocenters. The molecule has 2 aromatic carbocycles. The van der Waals surface area contributed by atoms with E-state index < -0.39 is 11.8 Å². The molecule has 1 fully saturated rings. The number of halogens is 2. The molecule has 2 amide bonds. The van der Waals surface area contributed by atoms with E-state index in [4.69, 9.17) is 39.8 Å². The summed E-state index contributed by atoms with van der Waals surface area (Å²) in [6.07, 6.45) is 1.33. The summed E-state index contributed by atoms with van der Waals surface area (Å²) in [7, 11) is 0. The molecule has 0 spiro atoms. The number of amides is 2. The Morgan fingerprint density at radius 3 is 2.47 bits per heavy atom. The van der Waals surface area contributed by atoms with E-state index in [0.717, 1.165) is 10.5 Å². The minimum atomic E-state index is -0.660. The van der Waals surface area contributed by atoms with Gasteiger partial charge in [0.2, 0.25) is 0 Å². The maximum absolute atomic E-state index is 13.1. The number of benzene rings is 2. The summed E-state index contributed by atoms with van der Waals surface area (Å²) >= 11 is 17.5. The molecule has 2 heterocycles. The highest BCUT2D eigenvalue weighted by Gasteiger charge is 2.36. The van der Waals surface area contributed by atoms with Gasteiger partial charge in [-0.15, -0.1) is 0 Å². The van der Waals surface area contributed by atoms with E-state index in [0.29, 0.717) is 17.1 Å². The zero-order valence-electron chi connectivity index (χ0n) is 16.5. The lowest BCUT2D eigenvalue weighted by molar-refractivity contribution is -0.122. The van der Waals surface area contributed by atoms with Crippen LogP contribution >= 0.6 is 35.4 Å². The summed E-state index contributed by atoms with van der Waals surface area (Å²) in [6.45, 7) is 1.49. The predicted molar refractivity (Wildman–Crippen MR) is 127 cm³/mol. The summed E-state index contributed by atoms with van der Waals surface area (Å²) in [6, 6.07) is 15.0. The number of hydrogen-bond acceptors (Lipinski definition) is 5. The van der Waals surface area contributed by atoms with Gasteiger partial charge in [-0.25, -0.2) is 0 Å². The summed E-state index contributed by atoms with van der Waals surface area (Å²) < 4.78 is 5.79. The Labute approximate surface area is 198 Å². The van der Waals surface area contributed by atoms with Gasteiger partial charge >= 0.3 is 0 Å². The fourth-order valence-corrected chi connectivity index (χ4v) is 3.79. The molecule has 0 bridgehead atoms. The Kier molecular flexibility index (Phi) is 5.97. The second-order valence-electron chi connectivity index (χ2n) is 6.87. The standard InChI is InChI=1S/C23H14Cl2N2O4S/c1-12(28)13-5-7-14(8-6-13)19-10-9-15(31-19)11-16-21(29)26-23(32)27(22(16)30)18-4-2-3-17(24)20(18)25/h2-11H,1H3,(H,26,29,32)/b16-11+. The summed E-state index contributed by atoms with van der Waals surface area (Å²) in [5.74, 6) is -0.546. The second-order valence-corrected chi connectivity index (χ2v) is 8.04. The Bertz CT molecular complexity index is 1310. The Hall–Kier alpha value is -3.26. The molecular formula is C23H14Cl2N2O4S. The van der Waals surface area contributed by atoms with Crippen LogP contribution in [0.4, 0.5) is 5.69 Å². The lowest BCUT2D eigenvalue weighted by Crippen LogP contribution is -2.54. The van der Waals surface area contributed by atoms with Crippen molar-refractivity contribution in [2.24, 2.45) is 0 Å². The molecule has 160 valence electrons. The highest BCUT2D eigenvalue weighted by atomic mass is 35.5. The molecule has 0 radical (unpaired) electrons. The summed E-state index contributed by atoms with van der Waals surface area (Å²) in [4.78, 5) is 38.2. The van der Waals surface area contributed by atoms with E-state index in [1.807, 2.05) is 0 Å². The number of hydrogen-bond donors (Lipinski definition) is 1. The van der Waals surface area contributed by atoms with Crippen molar-refractivity contribution in [3.63, 3.8) is 0 Å². The Morgan fingerprint density at radius 1 is 1.06 bits per heavy atom. The monoisotopic (exact) mass is 484 g/mol. The molecule has 1 N–H and O–H groups in total. The van der Waals surface area contributed by atoms with Crippen molar-refractivity contribution in [2.45, 2.75) is 6.92 Å². The highest BCUT2D eigenvalue weighted by molar-refractivity contribution is 7.80. The first-order chi connectivity index (χ1) is 15.3. The van der Waals surface area contributed by atoms with Crippen LogP contribution in [0.2, 0.25) is 10.0 Å². The van der Waals surface area contributed by atoms with E-state index in [-0.39, 0.29) is 32.2 Å². The van der Waals surface area contributed by atoms with E-state index in [1.165, 1.54) is 13.0 Å². The lowest BCUT2D eigenvalue weighted by atomic mass is 10.1. The van der Waals surface area contributed by atoms with Gasteiger partial charge in [0.05, 0.1) is 15.7 Å². The van der Waals surface area contributed by atoms with Crippen LogP contribution in [0, 0.1) is 0 Å². The van der Waals surface area contributed by atoms with E-state index in [1.54, 1.807) is 54.6 Å². The Balaban J connectivity index is 1.67. The van der Waals surface area contributed by atoms with Crippen LogP contribution in [-0.2, 0) is 9.59 Å². The van der Waals surface area contributed by atoms with E-state index >= 15 is 0 Å². The van der Waals surface area contributed by atoms with Crippen molar-refractivity contribution in [2.75, 3.05) is 4.90 Å².